The predicted molar refractivity (Wildman–Crippen MR) is 113 cm³/mol. The van der Waals surface area contributed by atoms with Crippen molar-refractivity contribution in [2.75, 3.05) is 4.90 Å². The van der Waals surface area contributed by atoms with Crippen molar-refractivity contribution in [2.45, 2.75) is 19.9 Å². The Morgan fingerprint density at radius 3 is 2.37 bits per heavy atom. The van der Waals surface area contributed by atoms with Gasteiger partial charge in [-0.15, -0.1) is 0 Å². The Kier molecular flexibility index (Phi) is 4.83. The van der Waals surface area contributed by atoms with Crippen LogP contribution in [0.2, 0.25) is 0 Å². The molecule has 0 bridgehead atoms. The first-order valence-corrected chi connectivity index (χ1v) is 9.46. The minimum Gasteiger partial charge on any atom is -0.508 e. The highest BCUT2D eigenvalue weighted by Crippen LogP contribution is 2.43. The van der Waals surface area contributed by atoms with Crippen LogP contribution in [0.25, 0.3) is 5.76 Å². The van der Waals surface area contributed by atoms with E-state index in [-0.39, 0.29) is 17.1 Å². The molecule has 1 amide bonds. The summed E-state index contributed by atoms with van der Waals surface area (Å²) < 4.78 is 0. The first-order chi connectivity index (χ1) is 14.4. The Balaban J connectivity index is 1.97. The first-order valence-electron chi connectivity index (χ1n) is 9.46. The van der Waals surface area contributed by atoms with Gasteiger partial charge in [0.25, 0.3) is 11.7 Å². The number of aromatic hydroxyl groups is 1. The fourth-order valence-electron chi connectivity index (χ4n) is 3.65. The topological polar surface area (TPSA) is 90.7 Å². The van der Waals surface area contributed by atoms with Gasteiger partial charge in [-0.2, -0.15) is 0 Å². The molecule has 4 rings (SSSR count). The lowest BCUT2D eigenvalue weighted by Crippen LogP contribution is -2.29. The number of aromatic nitrogens is 1. The lowest BCUT2D eigenvalue weighted by molar-refractivity contribution is -0.132. The number of pyridine rings is 1. The highest BCUT2D eigenvalue weighted by atomic mass is 16.3. The molecule has 6 heteroatoms. The van der Waals surface area contributed by atoms with Crippen molar-refractivity contribution in [3.63, 3.8) is 0 Å². The number of carbonyl (C=O) groups is 2. The third-order valence-electron chi connectivity index (χ3n) is 5.35. The average molecular weight is 400 g/mol. The maximum absolute atomic E-state index is 13.1. The number of phenolic OH excluding ortho intramolecular Hbond substituents is 1. The van der Waals surface area contributed by atoms with E-state index in [1.165, 1.54) is 29.4 Å². The molecule has 1 saturated heterocycles. The number of phenols is 1. The van der Waals surface area contributed by atoms with Gasteiger partial charge in [-0.1, -0.05) is 18.2 Å². The molecule has 2 heterocycles. The summed E-state index contributed by atoms with van der Waals surface area (Å²) in [4.78, 5) is 31.4. The maximum Gasteiger partial charge on any atom is 0.300 e. The Hall–Kier alpha value is -3.93. The number of carbonyl (C=O) groups excluding carboxylic acids is 2. The number of aliphatic hydroxyl groups is 1. The summed E-state index contributed by atoms with van der Waals surface area (Å²) in [6.45, 7) is 3.89. The molecule has 0 radical (unpaired) electrons. The molecule has 1 atom stereocenters. The van der Waals surface area contributed by atoms with Gasteiger partial charge in [0.2, 0.25) is 0 Å². The third-order valence-corrected chi connectivity index (χ3v) is 5.35. The van der Waals surface area contributed by atoms with Gasteiger partial charge < -0.3 is 10.2 Å². The van der Waals surface area contributed by atoms with Crippen molar-refractivity contribution in [3.05, 3.63) is 94.8 Å². The second-order valence-corrected chi connectivity index (χ2v) is 7.27. The van der Waals surface area contributed by atoms with E-state index in [0.717, 1.165) is 11.1 Å². The van der Waals surface area contributed by atoms with Crippen molar-refractivity contribution in [2.24, 2.45) is 0 Å². The second kappa shape index (κ2) is 7.48. The summed E-state index contributed by atoms with van der Waals surface area (Å²) in [6.07, 6.45) is 3.00. The number of anilines is 1. The summed E-state index contributed by atoms with van der Waals surface area (Å²) in [6, 6.07) is 14.1. The van der Waals surface area contributed by atoms with Gasteiger partial charge in [-0.3, -0.25) is 19.5 Å². The Labute approximate surface area is 173 Å². The summed E-state index contributed by atoms with van der Waals surface area (Å²) in [5.74, 6) is -1.80. The molecule has 150 valence electrons. The number of aliphatic hydroxyl groups excluding tert-OH is 1. The van der Waals surface area contributed by atoms with Gasteiger partial charge in [0.05, 0.1) is 11.6 Å². The van der Waals surface area contributed by atoms with Crippen molar-refractivity contribution in [1.82, 2.24) is 4.98 Å². The van der Waals surface area contributed by atoms with Crippen LogP contribution >= 0.6 is 0 Å². The minimum absolute atomic E-state index is 0.00193. The zero-order valence-corrected chi connectivity index (χ0v) is 16.5. The molecule has 2 aromatic carbocycles. The largest absolute Gasteiger partial charge is 0.508 e. The number of amides is 1. The van der Waals surface area contributed by atoms with E-state index in [1.54, 1.807) is 30.3 Å². The molecular weight excluding hydrogens is 380 g/mol. The fourth-order valence-corrected chi connectivity index (χ4v) is 3.65. The molecule has 1 unspecified atom stereocenters. The summed E-state index contributed by atoms with van der Waals surface area (Å²) in [5.41, 5.74) is 3.44. The average Bonchev–Trinajstić information content (AvgIpc) is 3.01. The molecule has 0 saturated carbocycles. The van der Waals surface area contributed by atoms with E-state index in [1.807, 2.05) is 26.0 Å². The van der Waals surface area contributed by atoms with Gasteiger partial charge >= 0.3 is 0 Å². The molecule has 30 heavy (non-hydrogen) atoms. The smallest absolute Gasteiger partial charge is 0.300 e. The van der Waals surface area contributed by atoms with E-state index in [2.05, 4.69) is 4.98 Å². The highest BCUT2D eigenvalue weighted by molar-refractivity contribution is 6.51. The standard InChI is InChI=1S/C24H20N2O4/c1-14-6-7-18(12-15(14)2)26-21(17-4-3-5-19(27)13-17)20(23(29)24(26)30)22(28)16-8-10-25-11-9-16/h3-13,21,27-28H,1-2H3/b22-20+. The van der Waals surface area contributed by atoms with E-state index in [4.69, 9.17) is 0 Å². The summed E-state index contributed by atoms with van der Waals surface area (Å²) in [5, 5.41) is 21.0. The number of ketones is 1. The second-order valence-electron chi connectivity index (χ2n) is 7.27. The van der Waals surface area contributed by atoms with Gasteiger partial charge in [0.15, 0.2) is 0 Å². The normalized spacial score (nSPS) is 18.1. The molecule has 2 N–H and O–H groups in total. The molecule has 1 fully saturated rings. The molecule has 1 aliphatic rings. The Bertz CT molecular complexity index is 1180. The molecule has 1 aliphatic heterocycles. The SMILES string of the molecule is Cc1ccc(N2C(=O)C(=O)/C(=C(/O)c3ccncc3)C2c2cccc(O)c2)cc1C. The lowest BCUT2D eigenvalue weighted by Gasteiger charge is -2.26. The molecule has 0 aliphatic carbocycles. The van der Waals surface area contributed by atoms with Crippen LogP contribution in [0.1, 0.15) is 28.3 Å². The monoisotopic (exact) mass is 400 g/mol. The van der Waals surface area contributed by atoms with Crippen LogP contribution in [0, 0.1) is 13.8 Å². The van der Waals surface area contributed by atoms with E-state index in [0.29, 0.717) is 16.8 Å². The fraction of sp³-hybridized carbons (Fsp3) is 0.125. The van der Waals surface area contributed by atoms with Gasteiger partial charge in [0.1, 0.15) is 11.5 Å². The molecular formula is C24H20N2O4. The zero-order valence-electron chi connectivity index (χ0n) is 16.5. The van der Waals surface area contributed by atoms with E-state index >= 15 is 0 Å². The van der Waals surface area contributed by atoms with Crippen LogP contribution in [0.3, 0.4) is 0 Å². The highest BCUT2D eigenvalue weighted by Gasteiger charge is 2.47. The Morgan fingerprint density at radius 2 is 1.70 bits per heavy atom. The van der Waals surface area contributed by atoms with Crippen LogP contribution in [0.15, 0.2) is 72.6 Å². The van der Waals surface area contributed by atoms with Crippen molar-refractivity contribution in [1.29, 1.82) is 0 Å². The summed E-state index contributed by atoms with van der Waals surface area (Å²) >= 11 is 0. The van der Waals surface area contributed by atoms with Crippen LogP contribution in [-0.2, 0) is 9.59 Å². The van der Waals surface area contributed by atoms with E-state index in [9.17, 15) is 19.8 Å². The van der Waals surface area contributed by atoms with Crippen LogP contribution in [0.5, 0.6) is 5.75 Å². The van der Waals surface area contributed by atoms with Gasteiger partial charge in [0, 0.05) is 23.6 Å². The van der Waals surface area contributed by atoms with Crippen LogP contribution < -0.4 is 4.90 Å². The minimum atomic E-state index is -0.882. The first kappa shape index (κ1) is 19.4. The number of nitrogens with zero attached hydrogens (tertiary/aromatic N) is 2. The van der Waals surface area contributed by atoms with Crippen molar-refractivity contribution >= 4 is 23.1 Å². The van der Waals surface area contributed by atoms with Gasteiger partial charge in [-0.25, -0.2) is 0 Å². The third kappa shape index (κ3) is 3.22. The van der Waals surface area contributed by atoms with Crippen molar-refractivity contribution < 1.29 is 19.8 Å². The number of aryl methyl sites for hydroxylation is 2. The molecule has 1 aromatic heterocycles. The zero-order chi connectivity index (χ0) is 21.4. The molecule has 3 aromatic rings. The quantitative estimate of drug-likeness (QED) is 0.394. The number of hydrogen-bond acceptors (Lipinski definition) is 5. The molecule has 6 nitrogen and oxygen atoms in total. The van der Waals surface area contributed by atoms with Crippen LogP contribution in [0.4, 0.5) is 5.69 Å². The number of benzene rings is 2. The van der Waals surface area contributed by atoms with Crippen LogP contribution in [-0.4, -0.2) is 26.9 Å². The number of Topliss-reactive ketones (excluding diaryl/α,β-unsaturated/α-hetero) is 1. The van der Waals surface area contributed by atoms with Gasteiger partial charge in [-0.05, 0) is 66.9 Å². The Morgan fingerprint density at radius 1 is 0.967 bits per heavy atom. The molecule has 0 spiro atoms. The predicted octanol–water partition coefficient (Wildman–Crippen LogP) is 4.03. The maximum atomic E-state index is 13.1. The number of rotatable bonds is 3. The number of hydrogen-bond donors (Lipinski definition) is 2. The van der Waals surface area contributed by atoms with Crippen molar-refractivity contribution in [3.8, 4) is 5.75 Å². The van der Waals surface area contributed by atoms with E-state index < -0.39 is 17.7 Å². The lowest BCUT2D eigenvalue weighted by atomic mass is 9.95. The summed E-state index contributed by atoms with van der Waals surface area (Å²) in [7, 11) is 0.